The minimum atomic E-state index is -0.548. The summed E-state index contributed by atoms with van der Waals surface area (Å²) in [6, 6.07) is 0. The summed E-state index contributed by atoms with van der Waals surface area (Å²) in [5, 5.41) is 0. The maximum absolute atomic E-state index is 12.5. The van der Waals surface area contributed by atoms with Gasteiger partial charge in [0.25, 0.3) is 0 Å². The Kier molecular flexibility index (Phi) is 27.0. The van der Waals surface area contributed by atoms with Crippen LogP contribution in [0.25, 0.3) is 0 Å². The molecule has 0 aromatic rings. The monoisotopic (exact) mass is 1240 g/mol. The molecule has 88 heavy (non-hydrogen) atoms. The van der Waals surface area contributed by atoms with Gasteiger partial charge in [0.05, 0.1) is 34.5 Å². The van der Waals surface area contributed by atoms with Gasteiger partial charge in [-0.25, -0.2) is 9.59 Å². The SMILES string of the molecule is CCC(C)(C)C(=O)OCC(=O)OC1(C)CCCCC1.CCC(C)(C)C(=O)OCCC(=O)OC1(C)C2CC3CC(C2)CC1C3.CCC(C)(C)C(=O)OCCC(=O)OC1(CC)C2CC3CC(C2)CC1C3.CCC1(OC(=O)COC(=O)C(C)(C)CC)CCCCC1. The van der Waals surface area contributed by atoms with E-state index in [1.165, 1.54) is 77.0 Å². The molecule has 10 rings (SSSR count). The van der Waals surface area contributed by atoms with Crippen LogP contribution in [0.4, 0.5) is 0 Å². The lowest BCUT2D eigenvalue weighted by molar-refractivity contribution is -0.211. The number of carbonyl (C=O) groups excluding carboxylic acids is 8. The molecule has 10 aliphatic carbocycles. The van der Waals surface area contributed by atoms with Crippen molar-refractivity contribution in [3.63, 3.8) is 0 Å². The first-order chi connectivity index (χ1) is 41.2. The van der Waals surface area contributed by atoms with Crippen LogP contribution in [-0.2, 0) is 76.3 Å². The molecule has 0 unspecified atom stereocenters. The van der Waals surface area contributed by atoms with Crippen LogP contribution in [-0.4, -0.2) is 96.6 Å². The highest BCUT2D eigenvalue weighted by Crippen LogP contribution is 2.61. The van der Waals surface area contributed by atoms with Crippen LogP contribution >= 0.6 is 0 Å². The highest BCUT2D eigenvalue weighted by atomic mass is 16.6. The summed E-state index contributed by atoms with van der Waals surface area (Å²) in [6.07, 6.45) is 27.9. The summed E-state index contributed by atoms with van der Waals surface area (Å²) < 4.78 is 43.9. The van der Waals surface area contributed by atoms with Gasteiger partial charge in [0.15, 0.2) is 13.2 Å². The van der Waals surface area contributed by atoms with Gasteiger partial charge in [0.2, 0.25) is 0 Å². The van der Waals surface area contributed by atoms with Gasteiger partial charge in [-0.2, -0.15) is 0 Å². The van der Waals surface area contributed by atoms with Crippen LogP contribution in [0.3, 0.4) is 0 Å². The fraction of sp³-hybridized carbons (Fsp3) is 0.889. The standard InChI is InChI=1S/C21H34O4.C20H32O4.C16H28O4.C15H26O4/c1-5-20(3,4)19(23)24-8-7-18(22)25-21(6-2)16-10-14-9-15(12-16)13-17(21)11-14;1-5-19(2,3)18(22)23-7-6-17(21)24-20(4)15-9-13-8-14(11-15)12-16(20)10-13;1-5-15(3,4)14(18)19-12-13(17)20-16(6-2)10-8-7-9-11-16;1-5-14(2,3)13(17)18-11-12(16)19-15(4)9-7-6-8-10-15/h14-17H,5-13H2,1-4H3;13-16H,5-12H2,1-4H3;5-12H2,1-4H3;5-11H2,1-4H3. The molecule has 0 amide bonds. The van der Waals surface area contributed by atoms with E-state index in [-0.39, 0.29) is 97.5 Å². The van der Waals surface area contributed by atoms with Crippen molar-refractivity contribution in [3.05, 3.63) is 0 Å². The second kappa shape index (κ2) is 31.9. The Labute approximate surface area is 530 Å². The molecule has 0 aliphatic heterocycles. The minimum Gasteiger partial charge on any atom is -0.465 e. The van der Waals surface area contributed by atoms with Gasteiger partial charge in [-0.05, 0) is 271 Å². The number of ether oxygens (including phenoxy) is 8. The van der Waals surface area contributed by atoms with Crippen molar-refractivity contribution in [2.75, 3.05) is 26.4 Å². The Morgan fingerprint density at radius 1 is 0.364 bits per heavy atom. The second-order valence-corrected chi connectivity index (χ2v) is 31.0. The third-order valence-electron chi connectivity index (χ3n) is 22.9. The van der Waals surface area contributed by atoms with Crippen LogP contribution in [0.15, 0.2) is 0 Å². The van der Waals surface area contributed by atoms with E-state index in [2.05, 4.69) is 13.8 Å². The Bertz CT molecular complexity index is 2280. The molecule has 8 bridgehead atoms. The molecule has 0 atom stereocenters. The summed E-state index contributed by atoms with van der Waals surface area (Å²) in [5.74, 6) is 3.14. The van der Waals surface area contributed by atoms with Gasteiger partial charge >= 0.3 is 47.8 Å². The number of rotatable bonds is 24. The van der Waals surface area contributed by atoms with E-state index in [0.29, 0.717) is 36.5 Å². The lowest BCUT2D eigenvalue weighted by Crippen LogP contribution is -2.59. The van der Waals surface area contributed by atoms with Crippen molar-refractivity contribution >= 4 is 47.8 Å². The van der Waals surface area contributed by atoms with Crippen LogP contribution in [0.2, 0.25) is 0 Å². The molecular weight excluding hydrogens is 1120 g/mol. The summed E-state index contributed by atoms with van der Waals surface area (Å²) >= 11 is 0. The first-order valence-electron chi connectivity index (χ1n) is 34.7. The van der Waals surface area contributed by atoms with Gasteiger partial charge in [-0.15, -0.1) is 0 Å². The fourth-order valence-electron chi connectivity index (χ4n) is 15.4. The quantitative estimate of drug-likeness (QED) is 0.0650. The van der Waals surface area contributed by atoms with Gasteiger partial charge < -0.3 is 37.9 Å². The summed E-state index contributed by atoms with van der Waals surface area (Å²) in [6.45, 7) is 30.5. The zero-order valence-corrected chi connectivity index (χ0v) is 57.8. The number of carbonyl (C=O) groups is 8. The zero-order chi connectivity index (χ0) is 65.5. The molecule has 0 N–H and O–H groups in total. The van der Waals surface area contributed by atoms with E-state index < -0.39 is 33.6 Å². The Morgan fingerprint density at radius 2 is 0.693 bits per heavy atom. The molecule has 10 saturated carbocycles. The van der Waals surface area contributed by atoms with Crippen molar-refractivity contribution in [2.45, 2.75) is 313 Å². The molecule has 10 fully saturated rings. The number of hydrogen-bond donors (Lipinski definition) is 0. The van der Waals surface area contributed by atoms with E-state index in [0.717, 1.165) is 101 Å². The van der Waals surface area contributed by atoms with Crippen molar-refractivity contribution < 1.29 is 76.3 Å². The average Bonchev–Trinajstić information content (AvgIpc) is 0.834. The molecule has 0 spiro atoms. The number of esters is 8. The maximum Gasteiger partial charge on any atom is 0.344 e. The van der Waals surface area contributed by atoms with Crippen LogP contribution in [0.5, 0.6) is 0 Å². The average molecular weight is 1240 g/mol. The number of hydrogen-bond acceptors (Lipinski definition) is 16. The van der Waals surface area contributed by atoms with E-state index in [4.69, 9.17) is 37.9 Å². The normalized spacial score (nSPS) is 28.7. The summed E-state index contributed by atoms with van der Waals surface area (Å²) in [4.78, 5) is 96.0. The second-order valence-electron chi connectivity index (χ2n) is 31.0. The molecular formula is C72H120O16. The first-order valence-corrected chi connectivity index (χ1v) is 34.7. The van der Waals surface area contributed by atoms with E-state index in [1.54, 1.807) is 0 Å². The fourth-order valence-corrected chi connectivity index (χ4v) is 15.4. The lowest BCUT2D eigenvalue weighted by atomic mass is 9.49. The van der Waals surface area contributed by atoms with Crippen molar-refractivity contribution in [2.24, 2.45) is 69.0 Å². The Hall–Kier alpha value is -4.24. The summed E-state index contributed by atoms with van der Waals surface area (Å²) in [5.41, 5.74) is -3.33. The molecule has 504 valence electrons. The Balaban J connectivity index is 0.000000215. The molecule has 0 saturated heterocycles. The van der Waals surface area contributed by atoms with Gasteiger partial charge in [0.1, 0.15) is 35.6 Å². The van der Waals surface area contributed by atoms with Crippen molar-refractivity contribution in [1.29, 1.82) is 0 Å². The third kappa shape index (κ3) is 19.9. The third-order valence-corrected chi connectivity index (χ3v) is 22.9. The smallest absolute Gasteiger partial charge is 0.344 e. The van der Waals surface area contributed by atoms with Crippen molar-refractivity contribution in [3.8, 4) is 0 Å². The van der Waals surface area contributed by atoms with Crippen LogP contribution in [0.1, 0.15) is 291 Å². The molecule has 10 aliphatic rings. The van der Waals surface area contributed by atoms with Gasteiger partial charge in [0, 0.05) is 0 Å². The molecule has 0 aromatic carbocycles. The predicted molar refractivity (Wildman–Crippen MR) is 337 cm³/mol. The Morgan fingerprint density at radius 3 is 1.05 bits per heavy atom. The highest BCUT2D eigenvalue weighted by molar-refractivity contribution is 5.81. The van der Waals surface area contributed by atoms with E-state index in [9.17, 15) is 38.4 Å². The van der Waals surface area contributed by atoms with Crippen LogP contribution in [0, 0.1) is 69.0 Å². The van der Waals surface area contributed by atoms with Crippen LogP contribution < -0.4 is 0 Å². The highest BCUT2D eigenvalue weighted by Gasteiger charge is 2.59. The topological polar surface area (TPSA) is 210 Å². The predicted octanol–water partition coefficient (Wildman–Crippen LogP) is 15.5. The molecule has 0 heterocycles. The van der Waals surface area contributed by atoms with Gasteiger partial charge in [-0.3, -0.25) is 28.8 Å². The largest absolute Gasteiger partial charge is 0.465 e. The molecule has 0 aromatic heterocycles. The molecule has 0 radical (unpaired) electrons. The zero-order valence-electron chi connectivity index (χ0n) is 57.8. The van der Waals surface area contributed by atoms with Crippen molar-refractivity contribution in [1.82, 2.24) is 0 Å². The molecule has 16 heteroatoms. The first kappa shape index (κ1) is 74.5. The van der Waals surface area contributed by atoms with E-state index in [1.807, 2.05) is 96.9 Å². The summed E-state index contributed by atoms with van der Waals surface area (Å²) in [7, 11) is 0. The maximum atomic E-state index is 12.5. The lowest BCUT2D eigenvalue weighted by Gasteiger charge is -2.60. The van der Waals surface area contributed by atoms with Gasteiger partial charge in [-0.1, -0.05) is 54.4 Å². The van der Waals surface area contributed by atoms with E-state index >= 15 is 0 Å². The molecule has 16 nitrogen and oxygen atoms in total. The minimum absolute atomic E-state index is 0.123.